The van der Waals surface area contributed by atoms with E-state index in [1.807, 2.05) is 18.2 Å². The van der Waals surface area contributed by atoms with Crippen LogP contribution in [-0.2, 0) is 10.0 Å². The molecular weight excluding hydrogens is 288 g/mol. The minimum Gasteiger partial charge on any atom is -0.497 e. The number of hydrogen-bond acceptors (Lipinski definition) is 4. The van der Waals surface area contributed by atoms with Crippen LogP contribution in [0.1, 0.15) is 18.5 Å². The fourth-order valence-electron chi connectivity index (χ4n) is 1.93. The fourth-order valence-corrected chi connectivity index (χ4v) is 3.16. The molecule has 2 aromatic carbocycles. The lowest BCUT2D eigenvalue weighted by Gasteiger charge is -2.15. The highest BCUT2D eigenvalue weighted by Crippen LogP contribution is 2.21. The predicted octanol–water partition coefficient (Wildman–Crippen LogP) is 2.32. The number of anilines is 1. The largest absolute Gasteiger partial charge is 0.497 e. The van der Waals surface area contributed by atoms with Gasteiger partial charge in [-0.2, -0.15) is 0 Å². The number of benzene rings is 2. The van der Waals surface area contributed by atoms with E-state index in [0.29, 0.717) is 11.4 Å². The number of methoxy groups -OCH3 is 1. The Morgan fingerprint density at radius 1 is 1.14 bits per heavy atom. The van der Waals surface area contributed by atoms with Crippen LogP contribution in [0.4, 0.5) is 5.69 Å². The average molecular weight is 306 g/mol. The smallest absolute Gasteiger partial charge is 0.241 e. The van der Waals surface area contributed by atoms with Crippen molar-refractivity contribution in [2.24, 2.45) is 0 Å². The molecule has 5 nitrogen and oxygen atoms in total. The average Bonchev–Trinajstić information content (AvgIpc) is 2.47. The van der Waals surface area contributed by atoms with Crippen molar-refractivity contribution in [2.45, 2.75) is 17.9 Å². The van der Waals surface area contributed by atoms with Gasteiger partial charge in [-0.05, 0) is 48.9 Å². The van der Waals surface area contributed by atoms with Crippen LogP contribution in [-0.4, -0.2) is 15.5 Å². The van der Waals surface area contributed by atoms with Gasteiger partial charge in [0.25, 0.3) is 0 Å². The van der Waals surface area contributed by atoms with Crippen molar-refractivity contribution < 1.29 is 13.2 Å². The van der Waals surface area contributed by atoms with Gasteiger partial charge in [0.15, 0.2) is 0 Å². The van der Waals surface area contributed by atoms with E-state index in [9.17, 15) is 8.42 Å². The maximum absolute atomic E-state index is 12.3. The molecule has 2 aromatic rings. The van der Waals surface area contributed by atoms with Crippen molar-refractivity contribution in [3.8, 4) is 5.75 Å². The van der Waals surface area contributed by atoms with Gasteiger partial charge in [0, 0.05) is 11.7 Å². The first kappa shape index (κ1) is 15.3. The van der Waals surface area contributed by atoms with Crippen LogP contribution in [0.3, 0.4) is 0 Å². The molecule has 0 aliphatic rings. The van der Waals surface area contributed by atoms with Gasteiger partial charge in [0.1, 0.15) is 5.75 Å². The third-order valence-electron chi connectivity index (χ3n) is 3.12. The normalized spacial score (nSPS) is 12.9. The topological polar surface area (TPSA) is 81.4 Å². The van der Waals surface area contributed by atoms with Gasteiger partial charge in [0.2, 0.25) is 10.0 Å². The molecule has 3 N–H and O–H groups in total. The van der Waals surface area contributed by atoms with Crippen molar-refractivity contribution in [2.75, 3.05) is 12.8 Å². The first-order chi connectivity index (χ1) is 9.92. The zero-order chi connectivity index (χ0) is 15.5. The Morgan fingerprint density at radius 3 is 2.43 bits per heavy atom. The van der Waals surface area contributed by atoms with Crippen LogP contribution >= 0.6 is 0 Å². The molecule has 0 aliphatic carbocycles. The Labute approximate surface area is 124 Å². The molecule has 0 fully saturated rings. The second-order valence-electron chi connectivity index (χ2n) is 4.69. The first-order valence-corrected chi connectivity index (χ1v) is 7.92. The highest BCUT2D eigenvalue weighted by molar-refractivity contribution is 7.89. The zero-order valence-electron chi connectivity index (χ0n) is 11.9. The molecule has 0 saturated carbocycles. The minimum absolute atomic E-state index is 0.187. The summed E-state index contributed by atoms with van der Waals surface area (Å²) in [6, 6.07) is 13.0. The van der Waals surface area contributed by atoms with E-state index < -0.39 is 10.0 Å². The Hall–Kier alpha value is -2.05. The third kappa shape index (κ3) is 3.74. The summed E-state index contributed by atoms with van der Waals surface area (Å²) in [5.41, 5.74) is 6.92. The number of nitrogen functional groups attached to an aromatic ring is 1. The fraction of sp³-hybridized carbons (Fsp3) is 0.200. The van der Waals surface area contributed by atoms with Gasteiger partial charge in [-0.1, -0.05) is 12.1 Å². The van der Waals surface area contributed by atoms with Crippen LogP contribution in [0.25, 0.3) is 0 Å². The molecule has 0 bridgehead atoms. The number of sulfonamides is 1. The van der Waals surface area contributed by atoms with E-state index in [1.165, 1.54) is 12.1 Å². The molecule has 112 valence electrons. The van der Waals surface area contributed by atoms with Crippen LogP contribution in [0.2, 0.25) is 0 Å². The molecule has 0 spiro atoms. The summed E-state index contributed by atoms with van der Waals surface area (Å²) in [5, 5.41) is 0. The zero-order valence-corrected chi connectivity index (χ0v) is 12.7. The summed E-state index contributed by atoms with van der Waals surface area (Å²) < 4.78 is 32.4. The molecule has 0 heterocycles. The molecule has 0 aromatic heterocycles. The number of rotatable bonds is 5. The quantitative estimate of drug-likeness (QED) is 0.831. The van der Waals surface area contributed by atoms with Crippen molar-refractivity contribution in [3.05, 3.63) is 54.1 Å². The van der Waals surface area contributed by atoms with Crippen molar-refractivity contribution in [1.82, 2.24) is 4.72 Å². The highest BCUT2D eigenvalue weighted by atomic mass is 32.2. The first-order valence-electron chi connectivity index (χ1n) is 6.44. The second-order valence-corrected chi connectivity index (χ2v) is 6.40. The van der Waals surface area contributed by atoms with Gasteiger partial charge in [-0.3, -0.25) is 0 Å². The molecule has 0 amide bonds. The molecule has 0 aliphatic heterocycles. The highest BCUT2D eigenvalue weighted by Gasteiger charge is 2.18. The SMILES string of the molecule is COc1cccc(C(C)NS(=O)(=O)c2ccc(N)cc2)c1. The lowest BCUT2D eigenvalue weighted by molar-refractivity contribution is 0.413. The number of nitrogens with two attached hydrogens (primary N) is 1. The van der Waals surface area contributed by atoms with Gasteiger partial charge >= 0.3 is 0 Å². The number of ether oxygens (including phenoxy) is 1. The van der Waals surface area contributed by atoms with Crippen LogP contribution < -0.4 is 15.2 Å². The van der Waals surface area contributed by atoms with Gasteiger partial charge < -0.3 is 10.5 Å². The summed E-state index contributed by atoms with van der Waals surface area (Å²) in [7, 11) is -2.02. The van der Waals surface area contributed by atoms with E-state index in [2.05, 4.69) is 4.72 Å². The Bertz CT molecular complexity index is 712. The summed E-state index contributed by atoms with van der Waals surface area (Å²) in [5.74, 6) is 0.686. The molecule has 1 unspecified atom stereocenters. The number of hydrogen-bond donors (Lipinski definition) is 2. The van der Waals surface area contributed by atoms with Crippen LogP contribution in [0, 0.1) is 0 Å². The van der Waals surface area contributed by atoms with Gasteiger partial charge in [0.05, 0.1) is 12.0 Å². The number of nitrogens with one attached hydrogen (secondary N) is 1. The van der Waals surface area contributed by atoms with Crippen molar-refractivity contribution in [3.63, 3.8) is 0 Å². The summed E-state index contributed by atoms with van der Waals surface area (Å²) >= 11 is 0. The van der Waals surface area contributed by atoms with Crippen molar-refractivity contribution >= 4 is 15.7 Å². The van der Waals surface area contributed by atoms with E-state index in [-0.39, 0.29) is 10.9 Å². The molecule has 2 rings (SSSR count). The van der Waals surface area contributed by atoms with E-state index in [4.69, 9.17) is 10.5 Å². The van der Waals surface area contributed by atoms with Crippen LogP contribution in [0.15, 0.2) is 53.4 Å². The molecule has 0 saturated heterocycles. The maximum atomic E-state index is 12.3. The predicted molar refractivity (Wildman–Crippen MR) is 82.6 cm³/mol. The Balaban J connectivity index is 2.21. The Kier molecular flexibility index (Phi) is 4.50. The monoisotopic (exact) mass is 306 g/mol. The van der Waals surface area contributed by atoms with Crippen molar-refractivity contribution in [1.29, 1.82) is 0 Å². The maximum Gasteiger partial charge on any atom is 0.241 e. The standard InChI is InChI=1S/C15H18N2O3S/c1-11(12-4-3-5-14(10-12)20-2)17-21(18,19)15-8-6-13(16)7-9-15/h3-11,17H,16H2,1-2H3. The summed E-state index contributed by atoms with van der Waals surface area (Å²) in [6.45, 7) is 1.78. The molecular formula is C15H18N2O3S. The van der Waals surface area contributed by atoms with Gasteiger partial charge in [-0.15, -0.1) is 0 Å². The molecule has 0 radical (unpaired) electrons. The molecule has 21 heavy (non-hydrogen) atoms. The van der Waals surface area contributed by atoms with E-state index in [1.54, 1.807) is 32.2 Å². The molecule has 1 atom stereocenters. The van der Waals surface area contributed by atoms with Crippen LogP contribution in [0.5, 0.6) is 5.75 Å². The third-order valence-corrected chi connectivity index (χ3v) is 4.67. The Morgan fingerprint density at radius 2 is 1.81 bits per heavy atom. The lowest BCUT2D eigenvalue weighted by Crippen LogP contribution is -2.26. The minimum atomic E-state index is -3.59. The second kappa shape index (κ2) is 6.15. The van der Waals surface area contributed by atoms with E-state index >= 15 is 0 Å². The molecule has 6 heteroatoms. The lowest BCUT2D eigenvalue weighted by atomic mass is 10.1. The van der Waals surface area contributed by atoms with Gasteiger partial charge in [-0.25, -0.2) is 13.1 Å². The van der Waals surface area contributed by atoms with E-state index in [0.717, 1.165) is 5.56 Å². The summed E-state index contributed by atoms with van der Waals surface area (Å²) in [6.07, 6.45) is 0. The summed E-state index contributed by atoms with van der Waals surface area (Å²) in [4.78, 5) is 0.187.